The minimum Gasteiger partial charge on any atom is -0.477 e. The van der Waals surface area contributed by atoms with E-state index < -0.39 is 155 Å². The molecule has 23 nitrogen and oxygen atoms in total. The van der Waals surface area contributed by atoms with Gasteiger partial charge < -0.3 is 100 Å². The lowest BCUT2D eigenvalue weighted by Crippen LogP contribution is -2.70. The molecule has 0 aliphatic carbocycles. The molecule has 484 valence electrons. The number of nitrogens with one attached hydrogen (secondary N) is 2. The summed E-state index contributed by atoms with van der Waals surface area (Å²) in [6.07, 6.45) is 8.22. The van der Waals surface area contributed by atoms with E-state index in [-0.39, 0.29) is 12.3 Å². The Balaban J connectivity index is 1.65. The van der Waals surface area contributed by atoms with Gasteiger partial charge >= 0.3 is 5.97 Å². The maximum absolute atomic E-state index is 13.4. The van der Waals surface area contributed by atoms with Gasteiger partial charge in [0.15, 0.2) is 12.6 Å². The molecule has 0 aromatic carbocycles. The topological polar surface area (TPSA) is 373 Å². The highest BCUT2D eigenvalue weighted by Crippen LogP contribution is 2.38. The molecule has 3 fully saturated rings. The number of aliphatic hydroxyl groups excluding tert-OH is 11. The first kappa shape index (κ1) is 74.5. The van der Waals surface area contributed by atoms with Crippen LogP contribution in [-0.4, -0.2) is 215 Å². The van der Waals surface area contributed by atoms with E-state index in [1.54, 1.807) is 6.08 Å². The van der Waals surface area contributed by atoms with Crippen LogP contribution in [0.2, 0.25) is 0 Å². The Morgan fingerprint density at radius 3 is 1.64 bits per heavy atom. The molecule has 14 N–H and O–H groups in total. The van der Waals surface area contributed by atoms with Crippen molar-refractivity contribution in [2.75, 3.05) is 26.4 Å². The summed E-state index contributed by atoms with van der Waals surface area (Å²) in [5, 5.41) is 135. The van der Waals surface area contributed by atoms with Crippen LogP contribution in [0.5, 0.6) is 0 Å². The highest BCUT2D eigenvalue weighted by atomic mass is 16.8. The van der Waals surface area contributed by atoms with E-state index in [0.29, 0.717) is 12.8 Å². The lowest BCUT2D eigenvalue weighted by Gasteiger charge is -2.50. The fourth-order valence-corrected chi connectivity index (χ4v) is 10.8. The quantitative estimate of drug-likeness (QED) is 0.0307. The lowest BCUT2D eigenvalue weighted by molar-refractivity contribution is -0.386. The van der Waals surface area contributed by atoms with E-state index in [1.165, 1.54) is 96.3 Å². The van der Waals surface area contributed by atoms with E-state index in [4.69, 9.17) is 28.4 Å². The van der Waals surface area contributed by atoms with Gasteiger partial charge in [0.05, 0.1) is 50.7 Å². The minimum atomic E-state index is -3.08. The summed E-state index contributed by atoms with van der Waals surface area (Å²) in [7, 11) is 0. The van der Waals surface area contributed by atoms with Crippen LogP contribution in [0.15, 0.2) is 24.3 Å². The molecule has 0 aromatic rings. The largest absolute Gasteiger partial charge is 0.477 e. The third-order valence-electron chi connectivity index (χ3n) is 15.9. The number of hydrogen-bond acceptors (Lipinski definition) is 20. The number of rotatable bonds is 45. The fraction of sp³-hybridized carbons (Fsp3) is 0.883. The summed E-state index contributed by atoms with van der Waals surface area (Å²) >= 11 is 0. The second-order valence-electron chi connectivity index (χ2n) is 22.9. The Labute approximate surface area is 492 Å². The smallest absolute Gasteiger partial charge is 0.364 e. The van der Waals surface area contributed by atoms with Crippen LogP contribution in [0.3, 0.4) is 0 Å². The zero-order valence-corrected chi connectivity index (χ0v) is 49.8. The van der Waals surface area contributed by atoms with Gasteiger partial charge in [-0.05, 0) is 44.9 Å². The summed E-state index contributed by atoms with van der Waals surface area (Å²) in [5.74, 6) is -6.15. The predicted molar refractivity (Wildman–Crippen MR) is 306 cm³/mol. The fourth-order valence-electron chi connectivity index (χ4n) is 10.8. The Bertz CT molecular complexity index is 1800. The molecule has 0 saturated carbocycles. The van der Waals surface area contributed by atoms with Crippen LogP contribution in [0.25, 0.3) is 0 Å². The number of amides is 2. The second kappa shape index (κ2) is 42.2. The van der Waals surface area contributed by atoms with E-state index >= 15 is 0 Å². The van der Waals surface area contributed by atoms with E-state index in [0.717, 1.165) is 64.7 Å². The zero-order valence-electron chi connectivity index (χ0n) is 49.8. The first-order chi connectivity index (χ1) is 39.9. The number of hydrogen-bond donors (Lipinski definition) is 14. The van der Waals surface area contributed by atoms with Crippen molar-refractivity contribution in [2.24, 2.45) is 0 Å². The molecular formula is C60H108N2O21. The van der Waals surface area contributed by atoms with E-state index in [9.17, 15) is 75.7 Å². The number of ether oxygens (including phenoxy) is 6. The third-order valence-corrected chi connectivity index (χ3v) is 15.9. The first-order valence-corrected chi connectivity index (χ1v) is 31.2. The molecule has 3 heterocycles. The van der Waals surface area contributed by atoms with Gasteiger partial charge in [0.1, 0.15) is 67.1 Å². The summed E-state index contributed by atoms with van der Waals surface area (Å²) in [4.78, 5) is 38.4. The minimum absolute atomic E-state index is 0.190. The monoisotopic (exact) mass is 1190 g/mol. The van der Waals surface area contributed by atoms with Crippen molar-refractivity contribution in [2.45, 2.75) is 310 Å². The zero-order chi connectivity index (χ0) is 61.2. The molecule has 18 unspecified atom stereocenters. The van der Waals surface area contributed by atoms with Gasteiger partial charge in [-0.25, -0.2) is 4.79 Å². The summed E-state index contributed by atoms with van der Waals surface area (Å²) < 4.78 is 34.6. The van der Waals surface area contributed by atoms with Gasteiger partial charge in [-0.3, -0.25) is 9.59 Å². The average Bonchev–Trinajstić information content (AvgIpc) is 2.23. The molecule has 23 heteroatoms. The Kier molecular flexibility index (Phi) is 37.8. The van der Waals surface area contributed by atoms with Crippen molar-refractivity contribution in [3.05, 3.63) is 24.3 Å². The van der Waals surface area contributed by atoms with E-state index in [1.807, 2.05) is 6.08 Å². The van der Waals surface area contributed by atoms with Gasteiger partial charge in [-0.15, -0.1) is 0 Å². The molecule has 3 rings (SSSR count). The molecule has 0 aromatic heterocycles. The molecule has 18 atom stereocenters. The normalized spacial score (nSPS) is 30.1. The van der Waals surface area contributed by atoms with Crippen molar-refractivity contribution < 1.29 is 104 Å². The molecule has 83 heavy (non-hydrogen) atoms. The molecule has 0 spiro atoms. The van der Waals surface area contributed by atoms with Crippen molar-refractivity contribution in [1.82, 2.24) is 10.6 Å². The number of carboxylic acids is 1. The molecule has 0 bridgehead atoms. The standard InChI is InChI=1S/C60H108N2O21/c1-4-6-8-10-12-14-16-17-18-19-20-21-22-24-26-28-30-32-34-47(70)62-41(42(67)33-31-29-27-25-23-15-13-11-9-7-5-2)39-78-57-52(74)51(73)54(46(38-65)80-57)81-58-53(75)56(50(72)45(37-64)79-58)83-60(59(76)77)35-43(68)48(61-40(3)66)55(82-60)49(71)44(69)36-63/h20-21,31,33,41-46,48-58,63-65,67-69,71-75H,4-19,22-30,32,34-39H2,1-3H3,(H,61,66)(H,62,70)(H,76,77)/b21-20-,33-31+. The van der Waals surface area contributed by atoms with Crippen molar-refractivity contribution in [1.29, 1.82) is 0 Å². The van der Waals surface area contributed by atoms with Crippen LogP contribution in [-0.2, 0) is 42.8 Å². The summed E-state index contributed by atoms with van der Waals surface area (Å²) in [6, 6.07) is -2.62. The molecule has 3 aliphatic heterocycles. The Morgan fingerprint density at radius 1 is 0.627 bits per heavy atom. The van der Waals surface area contributed by atoms with Crippen LogP contribution in [0, 0.1) is 0 Å². The van der Waals surface area contributed by atoms with E-state index in [2.05, 4.69) is 36.6 Å². The van der Waals surface area contributed by atoms with Crippen LogP contribution >= 0.6 is 0 Å². The molecular weight excluding hydrogens is 1080 g/mol. The molecule has 2 amide bonds. The first-order valence-electron chi connectivity index (χ1n) is 31.2. The Morgan fingerprint density at radius 2 is 1.13 bits per heavy atom. The number of aliphatic carboxylic acids is 1. The van der Waals surface area contributed by atoms with Gasteiger partial charge in [-0.1, -0.05) is 160 Å². The SMILES string of the molecule is CCCCCCCCCCC/C=C\CCCCCCCC(=O)NC(COC1OC(CO)C(OC2OC(CO)C(O)C(OC3(C(=O)O)CC(O)C(NC(C)=O)C(C(O)C(O)CO)O3)C2O)C(O)C1O)C(O)/C=C/CCCCCCCCCCC. The van der Waals surface area contributed by atoms with Crippen molar-refractivity contribution in [3.8, 4) is 0 Å². The van der Waals surface area contributed by atoms with Crippen LogP contribution in [0.1, 0.15) is 201 Å². The molecule has 3 aliphatic rings. The van der Waals surface area contributed by atoms with Gasteiger partial charge in [0.2, 0.25) is 11.8 Å². The maximum atomic E-state index is 13.4. The number of allylic oxidation sites excluding steroid dienone is 3. The maximum Gasteiger partial charge on any atom is 0.364 e. The molecule has 3 saturated heterocycles. The van der Waals surface area contributed by atoms with Crippen LogP contribution in [0.4, 0.5) is 0 Å². The predicted octanol–water partition coefficient (Wildman–Crippen LogP) is 3.33. The highest BCUT2D eigenvalue weighted by Gasteiger charge is 2.60. The summed E-state index contributed by atoms with van der Waals surface area (Å²) in [5.41, 5.74) is 0. The van der Waals surface area contributed by atoms with Crippen molar-refractivity contribution >= 4 is 17.8 Å². The third kappa shape index (κ3) is 26.2. The number of unbranched alkanes of at least 4 members (excludes halogenated alkanes) is 23. The van der Waals surface area contributed by atoms with Crippen molar-refractivity contribution in [3.63, 3.8) is 0 Å². The van der Waals surface area contributed by atoms with Crippen LogP contribution < -0.4 is 10.6 Å². The highest BCUT2D eigenvalue weighted by molar-refractivity contribution is 5.77. The number of carbonyl (C=O) groups is 3. The number of carboxylic acid groups (broad SMARTS) is 1. The number of carbonyl (C=O) groups excluding carboxylic acids is 2. The Hall–Kier alpha value is -2.79. The summed E-state index contributed by atoms with van der Waals surface area (Å²) in [6.45, 7) is 2.07. The average molecular weight is 1190 g/mol. The second-order valence-corrected chi connectivity index (χ2v) is 22.9. The lowest BCUT2D eigenvalue weighted by atomic mass is 9.88. The molecule has 0 radical (unpaired) electrons. The van der Waals surface area contributed by atoms with Gasteiger partial charge in [0, 0.05) is 19.8 Å². The van der Waals surface area contributed by atoms with Gasteiger partial charge in [-0.2, -0.15) is 0 Å². The van der Waals surface area contributed by atoms with Gasteiger partial charge in [0.25, 0.3) is 5.79 Å². The number of aliphatic hydroxyl groups is 11.